The number of urea groups is 1. The number of nitrogens with one attached hydrogen (secondary N) is 1. The molecule has 128 valence electrons. The fraction of sp³-hybridized carbons (Fsp3) is 0.500. The highest BCUT2D eigenvalue weighted by Gasteiger charge is 2.44. The highest BCUT2D eigenvalue weighted by Crippen LogP contribution is 2.32. The normalized spacial score (nSPS) is 22.0. The first kappa shape index (κ1) is 16.5. The van der Waals surface area contributed by atoms with Crippen molar-refractivity contribution in [1.82, 2.24) is 10.2 Å². The van der Waals surface area contributed by atoms with Crippen LogP contribution in [0.4, 0.5) is 10.5 Å². The lowest BCUT2D eigenvalue weighted by Gasteiger charge is -2.20. The molecule has 1 aliphatic heterocycles. The average Bonchev–Trinajstić information content (AvgIpc) is 3.35. The van der Waals surface area contributed by atoms with Crippen molar-refractivity contribution in [3.63, 3.8) is 0 Å². The molecule has 1 aliphatic carbocycles. The first-order valence-electron chi connectivity index (χ1n) is 8.39. The largest absolute Gasteiger partial charge is 0.352 e. The van der Waals surface area contributed by atoms with Crippen LogP contribution in [0.5, 0.6) is 0 Å². The van der Waals surface area contributed by atoms with E-state index in [2.05, 4.69) is 5.32 Å². The van der Waals surface area contributed by atoms with E-state index in [1.54, 1.807) is 6.92 Å². The maximum Gasteiger partial charge on any atom is 0.332 e. The van der Waals surface area contributed by atoms with Crippen molar-refractivity contribution < 1.29 is 14.4 Å². The van der Waals surface area contributed by atoms with Crippen LogP contribution in [0.15, 0.2) is 24.3 Å². The Bertz CT molecular complexity index is 667. The SMILES string of the molecule is Cc1ccc(N2C(=O)N(CC(=O)N[C@H](C)C3CC3)C(=O)[C@H]2C)cc1. The number of anilines is 1. The fourth-order valence-electron chi connectivity index (χ4n) is 3.07. The average molecular weight is 329 g/mol. The number of carbonyl (C=O) groups excluding carboxylic acids is 3. The van der Waals surface area contributed by atoms with Gasteiger partial charge in [-0.25, -0.2) is 4.79 Å². The lowest BCUT2D eigenvalue weighted by Crippen LogP contribution is -2.44. The van der Waals surface area contributed by atoms with Crippen molar-refractivity contribution in [3.8, 4) is 0 Å². The minimum absolute atomic E-state index is 0.0935. The molecule has 24 heavy (non-hydrogen) atoms. The highest BCUT2D eigenvalue weighted by atomic mass is 16.2. The van der Waals surface area contributed by atoms with Crippen LogP contribution >= 0.6 is 0 Å². The molecule has 1 aromatic rings. The number of hydrogen-bond acceptors (Lipinski definition) is 3. The van der Waals surface area contributed by atoms with E-state index in [0.29, 0.717) is 11.6 Å². The van der Waals surface area contributed by atoms with Gasteiger partial charge in [0.15, 0.2) is 0 Å². The molecule has 1 N–H and O–H groups in total. The predicted octanol–water partition coefficient (Wildman–Crippen LogP) is 2.07. The molecule has 1 heterocycles. The van der Waals surface area contributed by atoms with E-state index in [1.807, 2.05) is 38.1 Å². The maximum atomic E-state index is 12.6. The number of nitrogens with zero attached hydrogens (tertiary/aromatic N) is 2. The summed E-state index contributed by atoms with van der Waals surface area (Å²) in [4.78, 5) is 39.7. The smallest absolute Gasteiger partial charge is 0.332 e. The van der Waals surface area contributed by atoms with E-state index in [1.165, 1.54) is 4.90 Å². The molecule has 4 amide bonds. The quantitative estimate of drug-likeness (QED) is 0.841. The number of aryl methyl sites for hydroxylation is 1. The maximum absolute atomic E-state index is 12.6. The molecule has 1 saturated heterocycles. The van der Waals surface area contributed by atoms with Crippen LogP contribution in [0.25, 0.3) is 0 Å². The van der Waals surface area contributed by atoms with Gasteiger partial charge in [0, 0.05) is 11.7 Å². The molecule has 6 heteroatoms. The van der Waals surface area contributed by atoms with Crippen LogP contribution in [-0.4, -0.2) is 41.4 Å². The monoisotopic (exact) mass is 329 g/mol. The Morgan fingerprint density at radius 2 is 1.88 bits per heavy atom. The number of amides is 4. The molecular weight excluding hydrogens is 306 g/mol. The van der Waals surface area contributed by atoms with Crippen LogP contribution in [0, 0.1) is 12.8 Å². The fourth-order valence-corrected chi connectivity index (χ4v) is 3.07. The number of benzene rings is 1. The van der Waals surface area contributed by atoms with Crippen molar-refractivity contribution in [1.29, 1.82) is 0 Å². The summed E-state index contributed by atoms with van der Waals surface area (Å²) < 4.78 is 0. The van der Waals surface area contributed by atoms with Crippen LogP contribution in [0.3, 0.4) is 0 Å². The summed E-state index contributed by atoms with van der Waals surface area (Å²) in [6.45, 7) is 5.39. The summed E-state index contributed by atoms with van der Waals surface area (Å²) in [6, 6.07) is 6.47. The number of hydrogen-bond donors (Lipinski definition) is 1. The van der Waals surface area contributed by atoms with E-state index in [4.69, 9.17) is 0 Å². The van der Waals surface area contributed by atoms with Gasteiger partial charge in [0.2, 0.25) is 5.91 Å². The van der Waals surface area contributed by atoms with Crippen molar-refractivity contribution >= 4 is 23.5 Å². The molecule has 2 atom stereocenters. The topological polar surface area (TPSA) is 69.7 Å². The minimum atomic E-state index is -0.603. The molecule has 1 saturated carbocycles. The molecule has 0 aromatic heterocycles. The molecule has 3 rings (SSSR count). The number of rotatable bonds is 5. The number of imide groups is 1. The van der Waals surface area contributed by atoms with E-state index < -0.39 is 12.1 Å². The van der Waals surface area contributed by atoms with Gasteiger partial charge in [-0.1, -0.05) is 17.7 Å². The standard InChI is InChI=1S/C18H23N3O3/c1-11-4-8-15(9-5-11)21-13(3)17(23)20(18(21)24)10-16(22)19-12(2)14-6-7-14/h4-5,8-9,12-14H,6-7,10H2,1-3H3,(H,19,22)/t12-,13-/m1/s1. The molecule has 6 nitrogen and oxygen atoms in total. The minimum Gasteiger partial charge on any atom is -0.352 e. The van der Waals surface area contributed by atoms with Gasteiger partial charge in [-0.05, 0) is 51.7 Å². The molecule has 0 bridgehead atoms. The lowest BCUT2D eigenvalue weighted by molar-refractivity contribution is -0.132. The molecule has 2 fully saturated rings. The van der Waals surface area contributed by atoms with Crippen LogP contribution in [0.2, 0.25) is 0 Å². The summed E-state index contributed by atoms with van der Waals surface area (Å²) in [7, 11) is 0. The van der Waals surface area contributed by atoms with Gasteiger partial charge >= 0.3 is 6.03 Å². The lowest BCUT2D eigenvalue weighted by atomic mass is 10.2. The van der Waals surface area contributed by atoms with Crippen molar-refractivity contribution in [2.24, 2.45) is 5.92 Å². The number of carbonyl (C=O) groups is 3. The molecule has 0 radical (unpaired) electrons. The van der Waals surface area contributed by atoms with Gasteiger partial charge in [-0.2, -0.15) is 0 Å². The first-order chi connectivity index (χ1) is 11.4. The third kappa shape index (κ3) is 3.13. The Kier molecular flexibility index (Phi) is 4.30. The van der Waals surface area contributed by atoms with Gasteiger partial charge in [0.25, 0.3) is 5.91 Å². The zero-order chi connectivity index (χ0) is 17.4. The van der Waals surface area contributed by atoms with Crippen LogP contribution in [-0.2, 0) is 9.59 Å². The Morgan fingerprint density at radius 1 is 1.25 bits per heavy atom. The zero-order valence-electron chi connectivity index (χ0n) is 14.3. The Hall–Kier alpha value is -2.37. The predicted molar refractivity (Wildman–Crippen MR) is 90.6 cm³/mol. The Balaban J connectivity index is 1.70. The second-order valence-corrected chi connectivity index (χ2v) is 6.78. The van der Waals surface area contributed by atoms with E-state index in [-0.39, 0.29) is 24.4 Å². The second-order valence-electron chi connectivity index (χ2n) is 6.78. The summed E-state index contributed by atoms with van der Waals surface area (Å²) in [5.74, 6) is -0.0919. The first-order valence-corrected chi connectivity index (χ1v) is 8.39. The van der Waals surface area contributed by atoms with E-state index in [9.17, 15) is 14.4 Å². The van der Waals surface area contributed by atoms with E-state index >= 15 is 0 Å². The molecule has 0 spiro atoms. The van der Waals surface area contributed by atoms with Crippen molar-refractivity contribution in [3.05, 3.63) is 29.8 Å². The van der Waals surface area contributed by atoms with Crippen LogP contribution < -0.4 is 10.2 Å². The van der Waals surface area contributed by atoms with Gasteiger partial charge in [0.1, 0.15) is 12.6 Å². The molecule has 1 aromatic carbocycles. The van der Waals surface area contributed by atoms with Crippen LogP contribution in [0.1, 0.15) is 32.3 Å². The van der Waals surface area contributed by atoms with Gasteiger partial charge in [-0.15, -0.1) is 0 Å². The third-order valence-corrected chi connectivity index (χ3v) is 4.78. The summed E-state index contributed by atoms with van der Waals surface area (Å²) in [5.41, 5.74) is 1.75. The third-order valence-electron chi connectivity index (χ3n) is 4.78. The Morgan fingerprint density at radius 3 is 2.46 bits per heavy atom. The van der Waals surface area contributed by atoms with E-state index in [0.717, 1.165) is 23.3 Å². The summed E-state index contributed by atoms with van der Waals surface area (Å²) in [6.07, 6.45) is 2.25. The van der Waals surface area contributed by atoms with Gasteiger partial charge < -0.3 is 5.32 Å². The summed E-state index contributed by atoms with van der Waals surface area (Å²) >= 11 is 0. The summed E-state index contributed by atoms with van der Waals surface area (Å²) in [5, 5.41) is 2.88. The second kappa shape index (κ2) is 6.26. The molecular formula is C18H23N3O3. The van der Waals surface area contributed by atoms with Gasteiger partial charge in [0.05, 0.1) is 0 Å². The molecule has 2 aliphatic rings. The highest BCUT2D eigenvalue weighted by molar-refractivity contribution is 6.15. The van der Waals surface area contributed by atoms with Crippen molar-refractivity contribution in [2.45, 2.75) is 45.7 Å². The Labute approximate surface area is 141 Å². The zero-order valence-corrected chi connectivity index (χ0v) is 14.3. The van der Waals surface area contributed by atoms with Crippen molar-refractivity contribution in [2.75, 3.05) is 11.4 Å². The van der Waals surface area contributed by atoms with Gasteiger partial charge in [-0.3, -0.25) is 19.4 Å². The molecule has 0 unspecified atom stereocenters.